The van der Waals surface area contributed by atoms with Crippen LogP contribution in [-0.2, 0) is 5.75 Å². The number of thioether (sulfide) groups is 2. The molecule has 0 saturated carbocycles. The molecule has 3 aromatic rings. The van der Waals surface area contributed by atoms with Gasteiger partial charge in [0.25, 0.3) is 0 Å². The van der Waals surface area contributed by atoms with E-state index in [1.54, 1.807) is 34.9 Å². The van der Waals surface area contributed by atoms with Crippen molar-refractivity contribution in [2.45, 2.75) is 14.4 Å². The van der Waals surface area contributed by atoms with E-state index in [-0.39, 0.29) is 0 Å². The zero-order valence-corrected chi connectivity index (χ0v) is 12.8. The summed E-state index contributed by atoms with van der Waals surface area (Å²) in [6.45, 7) is 0. The molecular formula is C14H12N2S3. The lowest BCUT2D eigenvalue weighted by molar-refractivity contribution is 0.955. The van der Waals surface area contributed by atoms with Crippen molar-refractivity contribution in [3.63, 3.8) is 0 Å². The third-order valence-corrected chi connectivity index (χ3v) is 5.87. The van der Waals surface area contributed by atoms with Gasteiger partial charge >= 0.3 is 0 Å². The molecule has 5 heteroatoms. The fourth-order valence-electron chi connectivity index (χ4n) is 1.90. The molecule has 19 heavy (non-hydrogen) atoms. The Morgan fingerprint density at radius 1 is 1.00 bits per heavy atom. The molecule has 1 aromatic heterocycles. The number of fused-ring (bicyclic) bond motifs is 1. The Balaban J connectivity index is 1.81. The second-order valence-corrected chi connectivity index (χ2v) is 7.22. The summed E-state index contributed by atoms with van der Waals surface area (Å²) in [5, 5.41) is 10.9. The van der Waals surface area contributed by atoms with E-state index >= 15 is 0 Å². The van der Waals surface area contributed by atoms with Gasteiger partial charge in [-0.05, 0) is 22.6 Å². The molecule has 0 unspecified atom stereocenters. The van der Waals surface area contributed by atoms with Crippen LogP contribution < -0.4 is 0 Å². The summed E-state index contributed by atoms with van der Waals surface area (Å²) in [7, 11) is 0. The molecule has 1 heterocycles. The Bertz CT molecular complexity index is 688. The van der Waals surface area contributed by atoms with Crippen LogP contribution in [-0.4, -0.2) is 16.5 Å². The molecule has 96 valence electrons. The standard InChI is InChI=1S/C14H12N2S3/c1-17-13-15-16-14(19-13)18-9-11-7-4-6-10-5-2-3-8-12(10)11/h2-8H,9H2,1H3. The van der Waals surface area contributed by atoms with E-state index in [2.05, 4.69) is 52.7 Å². The van der Waals surface area contributed by atoms with Crippen molar-refractivity contribution < 1.29 is 0 Å². The summed E-state index contributed by atoms with van der Waals surface area (Å²) in [5.41, 5.74) is 1.35. The molecular weight excluding hydrogens is 292 g/mol. The van der Waals surface area contributed by atoms with Crippen molar-refractivity contribution >= 4 is 45.6 Å². The molecule has 0 aliphatic heterocycles. The summed E-state index contributed by atoms with van der Waals surface area (Å²) in [5.74, 6) is 0.935. The van der Waals surface area contributed by atoms with Crippen molar-refractivity contribution in [2.75, 3.05) is 6.26 Å². The number of aromatic nitrogens is 2. The summed E-state index contributed by atoms with van der Waals surface area (Å²) in [4.78, 5) is 0. The van der Waals surface area contributed by atoms with Gasteiger partial charge in [0.2, 0.25) is 0 Å². The van der Waals surface area contributed by atoms with E-state index < -0.39 is 0 Å². The average Bonchev–Trinajstić information content (AvgIpc) is 2.93. The average molecular weight is 304 g/mol. The molecule has 2 aromatic carbocycles. The van der Waals surface area contributed by atoms with E-state index in [0.717, 1.165) is 14.4 Å². The van der Waals surface area contributed by atoms with Crippen LogP contribution in [0.3, 0.4) is 0 Å². The molecule has 0 bridgehead atoms. The first kappa shape index (κ1) is 13.0. The minimum atomic E-state index is 0.935. The second kappa shape index (κ2) is 5.94. The lowest BCUT2D eigenvalue weighted by Gasteiger charge is -2.04. The van der Waals surface area contributed by atoms with Crippen LogP contribution in [0.2, 0.25) is 0 Å². The fourth-order valence-corrected chi connectivity index (χ4v) is 4.34. The van der Waals surface area contributed by atoms with E-state index in [4.69, 9.17) is 0 Å². The van der Waals surface area contributed by atoms with E-state index in [1.165, 1.54) is 16.3 Å². The van der Waals surface area contributed by atoms with Crippen LogP contribution in [0.5, 0.6) is 0 Å². The number of rotatable bonds is 4. The largest absolute Gasteiger partial charge is 0.175 e. The van der Waals surface area contributed by atoms with Crippen LogP contribution >= 0.6 is 34.9 Å². The van der Waals surface area contributed by atoms with E-state index in [0.29, 0.717) is 0 Å². The molecule has 0 amide bonds. The van der Waals surface area contributed by atoms with Gasteiger partial charge in [-0.2, -0.15) is 0 Å². The van der Waals surface area contributed by atoms with Crippen LogP contribution in [0.25, 0.3) is 10.8 Å². The normalized spacial score (nSPS) is 11.0. The van der Waals surface area contributed by atoms with Crippen LogP contribution in [0.15, 0.2) is 51.1 Å². The number of hydrogen-bond acceptors (Lipinski definition) is 5. The first-order valence-electron chi connectivity index (χ1n) is 5.84. The molecule has 0 N–H and O–H groups in total. The van der Waals surface area contributed by atoms with Gasteiger partial charge in [-0.25, -0.2) is 0 Å². The van der Waals surface area contributed by atoms with E-state index in [9.17, 15) is 0 Å². The Labute approximate surface area is 124 Å². The van der Waals surface area contributed by atoms with E-state index in [1.807, 2.05) is 6.26 Å². The SMILES string of the molecule is CSc1nnc(SCc2cccc3ccccc23)s1. The lowest BCUT2D eigenvalue weighted by atomic mass is 10.1. The summed E-state index contributed by atoms with van der Waals surface area (Å²) < 4.78 is 2.07. The van der Waals surface area contributed by atoms with Crippen LogP contribution in [0, 0.1) is 0 Å². The summed E-state index contributed by atoms with van der Waals surface area (Å²) in [6.07, 6.45) is 2.03. The van der Waals surface area contributed by atoms with Crippen molar-refractivity contribution in [1.82, 2.24) is 10.2 Å². The van der Waals surface area contributed by atoms with Gasteiger partial charge in [0.05, 0.1) is 0 Å². The topological polar surface area (TPSA) is 25.8 Å². The number of hydrogen-bond donors (Lipinski definition) is 0. The van der Waals surface area contributed by atoms with Gasteiger partial charge in [0.15, 0.2) is 8.68 Å². The lowest BCUT2D eigenvalue weighted by Crippen LogP contribution is -1.83. The van der Waals surface area contributed by atoms with Crippen molar-refractivity contribution in [3.8, 4) is 0 Å². The minimum absolute atomic E-state index is 0.935. The van der Waals surface area contributed by atoms with Crippen LogP contribution in [0.4, 0.5) is 0 Å². The molecule has 0 atom stereocenters. The Morgan fingerprint density at radius 3 is 2.63 bits per heavy atom. The molecule has 0 radical (unpaired) electrons. The smallest absolute Gasteiger partial charge is 0.131 e. The Hall–Kier alpha value is -1.04. The predicted molar refractivity (Wildman–Crippen MR) is 85.2 cm³/mol. The van der Waals surface area contributed by atoms with Gasteiger partial charge in [-0.3, -0.25) is 0 Å². The summed E-state index contributed by atoms with van der Waals surface area (Å²) >= 11 is 5.06. The highest BCUT2D eigenvalue weighted by Gasteiger charge is 2.06. The highest BCUT2D eigenvalue weighted by atomic mass is 32.2. The van der Waals surface area contributed by atoms with Gasteiger partial charge in [0.1, 0.15) is 0 Å². The quantitative estimate of drug-likeness (QED) is 0.652. The third-order valence-electron chi connectivity index (χ3n) is 2.79. The van der Waals surface area contributed by atoms with Gasteiger partial charge < -0.3 is 0 Å². The Kier molecular flexibility index (Phi) is 4.06. The minimum Gasteiger partial charge on any atom is -0.131 e. The molecule has 2 nitrogen and oxygen atoms in total. The zero-order chi connectivity index (χ0) is 13.1. The number of benzene rings is 2. The highest BCUT2D eigenvalue weighted by Crippen LogP contribution is 2.31. The van der Waals surface area contributed by atoms with Gasteiger partial charge in [-0.1, -0.05) is 77.3 Å². The number of nitrogens with zero attached hydrogens (tertiary/aromatic N) is 2. The fraction of sp³-hybridized carbons (Fsp3) is 0.143. The second-order valence-electron chi connectivity index (χ2n) is 3.96. The third kappa shape index (κ3) is 2.94. The maximum atomic E-state index is 4.19. The molecule has 0 fully saturated rings. The van der Waals surface area contributed by atoms with Crippen molar-refractivity contribution in [3.05, 3.63) is 48.0 Å². The van der Waals surface area contributed by atoms with Crippen molar-refractivity contribution in [1.29, 1.82) is 0 Å². The molecule has 0 aliphatic carbocycles. The monoisotopic (exact) mass is 304 g/mol. The van der Waals surface area contributed by atoms with Crippen LogP contribution in [0.1, 0.15) is 5.56 Å². The van der Waals surface area contributed by atoms with Crippen molar-refractivity contribution in [2.24, 2.45) is 0 Å². The molecule has 0 spiro atoms. The summed E-state index contributed by atoms with van der Waals surface area (Å²) in [6, 6.07) is 15.0. The van der Waals surface area contributed by atoms with Gasteiger partial charge in [-0.15, -0.1) is 10.2 Å². The highest BCUT2D eigenvalue weighted by molar-refractivity contribution is 8.02. The molecule has 3 rings (SSSR count). The molecule has 0 saturated heterocycles. The maximum Gasteiger partial charge on any atom is 0.175 e. The maximum absolute atomic E-state index is 4.19. The predicted octanol–water partition coefficient (Wildman–Crippen LogP) is 4.71. The first-order valence-corrected chi connectivity index (χ1v) is 8.86. The first-order chi connectivity index (χ1) is 9.36. The Morgan fingerprint density at radius 2 is 1.79 bits per heavy atom. The zero-order valence-electron chi connectivity index (χ0n) is 10.4. The molecule has 0 aliphatic rings. The van der Waals surface area contributed by atoms with Gasteiger partial charge in [0, 0.05) is 5.75 Å².